The molecule has 0 bridgehead atoms. The van der Waals surface area contributed by atoms with Gasteiger partial charge in [-0.05, 0) is 53.9 Å². The highest BCUT2D eigenvalue weighted by Crippen LogP contribution is 2.23. The van der Waals surface area contributed by atoms with Crippen LogP contribution in [0.5, 0.6) is 0 Å². The van der Waals surface area contributed by atoms with Crippen LogP contribution >= 0.6 is 15.9 Å². The minimum atomic E-state index is -0.314. The Hall–Kier alpha value is -1.36. The Morgan fingerprint density at radius 1 is 1.32 bits per heavy atom. The predicted molar refractivity (Wildman–Crippen MR) is 80.0 cm³/mol. The molecule has 0 heterocycles. The fraction of sp³-hybridized carbons (Fsp3) is 0.429. The summed E-state index contributed by atoms with van der Waals surface area (Å²) in [7, 11) is 0. The summed E-state index contributed by atoms with van der Waals surface area (Å²) in [6.45, 7) is 5.86. The first-order valence-corrected chi connectivity index (χ1v) is 7.07. The number of hydrogen-bond acceptors (Lipinski definition) is 2. The Kier molecular flexibility index (Phi) is 6.02. The summed E-state index contributed by atoms with van der Waals surface area (Å²) in [6.07, 6.45) is 0.682. The summed E-state index contributed by atoms with van der Waals surface area (Å²) in [6, 6.07) is 5.71. The molecule has 1 aromatic carbocycles. The summed E-state index contributed by atoms with van der Waals surface area (Å²) in [5.74, 6) is -0.569. The molecule has 0 radical (unpaired) electrons. The van der Waals surface area contributed by atoms with Crippen molar-refractivity contribution >= 4 is 33.4 Å². The summed E-state index contributed by atoms with van der Waals surface area (Å²) in [4.78, 5) is 23.3. The second kappa shape index (κ2) is 7.28. The van der Waals surface area contributed by atoms with E-state index in [0.717, 1.165) is 16.5 Å². The van der Waals surface area contributed by atoms with Crippen LogP contribution in [-0.2, 0) is 9.59 Å². The number of nitrogens with one attached hydrogen (secondary N) is 2. The van der Waals surface area contributed by atoms with Gasteiger partial charge in [-0.2, -0.15) is 0 Å². The standard InChI is InChI=1S/C14H19BrN2O2/c1-4-10(3)16-13(18)8-14(19)17-12-6-5-9(2)7-11(12)15/h5-7,10H,4,8H2,1-3H3,(H,16,18)(H,17,19). The van der Waals surface area contributed by atoms with Gasteiger partial charge >= 0.3 is 0 Å². The highest BCUT2D eigenvalue weighted by molar-refractivity contribution is 9.10. The normalized spacial score (nSPS) is 11.8. The average Bonchev–Trinajstić information content (AvgIpc) is 2.32. The molecule has 4 nitrogen and oxygen atoms in total. The van der Waals surface area contributed by atoms with E-state index in [-0.39, 0.29) is 24.3 Å². The van der Waals surface area contributed by atoms with Gasteiger partial charge in [-0.15, -0.1) is 0 Å². The molecule has 0 spiro atoms. The third-order valence-corrected chi connectivity index (χ3v) is 3.40. The lowest BCUT2D eigenvalue weighted by Gasteiger charge is -2.12. The second-order valence-corrected chi connectivity index (χ2v) is 5.44. The van der Waals surface area contributed by atoms with E-state index in [1.54, 1.807) is 0 Å². The van der Waals surface area contributed by atoms with Crippen LogP contribution in [0.15, 0.2) is 22.7 Å². The molecule has 0 saturated heterocycles. The van der Waals surface area contributed by atoms with E-state index in [9.17, 15) is 9.59 Å². The van der Waals surface area contributed by atoms with Crippen molar-refractivity contribution in [3.63, 3.8) is 0 Å². The third-order valence-electron chi connectivity index (χ3n) is 2.74. The number of amides is 2. The molecule has 0 aliphatic rings. The molecule has 0 saturated carbocycles. The lowest BCUT2D eigenvalue weighted by Crippen LogP contribution is -2.34. The van der Waals surface area contributed by atoms with E-state index < -0.39 is 0 Å². The number of rotatable bonds is 5. The van der Waals surface area contributed by atoms with Crippen LogP contribution < -0.4 is 10.6 Å². The number of anilines is 1. The van der Waals surface area contributed by atoms with Crippen molar-refractivity contribution in [2.24, 2.45) is 0 Å². The molecule has 2 amide bonds. The molecular formula is C14H19BrN2O2. The summed E-state index contributed by atoms with van der Waals surface area (Å²) in [5, 5.41) is 5.47. The predicted octanol–water partition coefficient (Wildman–Crippen LogP) is 3.00. The van der Waals surface area contributed by atoms with Crippen LogP contribution in [-0.4, -0.2) is 17.9 Å². The average molecular weight is 327 g/mol. The van der Waals surface area contributed by atoms with Gasteiger partial charge in [0.25, 0.3) is 0 Å². The molecule has 0 fully saturated rings. The zero-order valence-electron chi connectivity index (χ0n) is 11.4. The van der Waals surface area contributed by atoms with Gasteiger partial charge < -0.3 is 10.6 Å². The lowest BCUT2D eigenvalue weighted by atomic mass is 10.2. The van der Waals surface area contributed by atoms with Crippen molar-refractivity contribution in [3.8, 4) is 0 Å². The van der Waals surface area contributed by atoms with Crippen molar-refractivity contribution in [1.29, 1.82) is 0 Å². The molecule has 0 aliphatic heterocycles. The van der Waals surface area contributed by atoms with E-state index in [1.807, 2.05) is 39.0 Å². The fourth-order valence-electron chi connectivity index (χ4n) is 1.49. The molecule has 5 heteroatoms. The Morgan fingerprint density at radius 3 is 2.58 bits per heavy atom. The van der Waals surface area contributed by atoms with E-state index in [0.29, 0.717) is 5.69 Å². The number of benzene rings is 1. The molecular weight excluding hydrogens is 308 g/mol. The second-order valence-electron chi connectivity index (χ2n) is 4.59. The molecule has 1 rings (SSSR count). The lowest BCUT2D eigenvalue weighted by molar-refractivity contribution is -0.127. The largest absolute Gasteiger partial charge is 0.353 e. The fourth-order valence-corrected chi connectivity index (χ4v) is 2.08. The summed E-state index contributed by atoms with van der Waals surface area (Å²) < 4.78 is 0.809. The molecule has 0 aromatic heterocycles. The number of carbonyl (C=O) groups is 2. The Labute approximate surface area is 122 Å². The maximum absolute atomic E-state index is 11.7. The Balaban J connectivity index is 2.53. The van der Waals surface area contributed by atoms with Crippen LogP contribution in [0.2, 0.25) is 0 Å². The molecule has 0 aliphatic carbocycles. The molecule has 2 N–H and O–H groups in total. The van der Waals surface area contributed by atoms with Crippen molar-refractivity contribution in [1.82, 2.24) is 5.32 Å². The number of aryl methyl sites for hydroxylation is 1. The smallest absolute Gasteiger partial charge is 0.233 e. The topological polar surface area (TPSA) is 58.2 Å². The maximum Gasteiger partial charge on any atom is 0.233 e. The van der Waals surface area contributed by atoms with Crippen molar-refractivity contribution in [2.45, 2.75) is 39.7 Å². The molecule has 1 atom stereocenters. The van der Waals surface area contributed by atoms with Gasteiger partial charge in [0.2, 0.25) is 11.8 Å². The molecule has 104 valence electrons. The maximum atomic E-state index is 11.7. The summed E-state index contributed by atoms with van der Waals surface area (Å²) >= 11 is 3.38. The molecule has 1 unspecified atom stereocenters. The Morgan fingerprint density at radius 2 is 2.00 bits per heavy atom. The van der Waals surface area contributed by atoms with Crippen LogP contribution in [0.3, 0.4) is 0 Å². The zero-order valence-corrected chi connectivity index (χ0v) is 13.0. The van der Waals surface area contributed by atoms with Crippen LogP contribution in [0.25, 0.3) is 0 Å². The van der Waals surface area contributed by atoms with Gasteiger partial charge in [-0.1, -0.05) is 13.0 Å². The van der Waals surface area contributed by atoms with Crippen LogP contribution in [0, 0.1) is 6.92 Å². The number of hydrogen-bond donors (Lipinski definition) is 2. The number of carbonyl (C=O) groups excluding carboxylic acids is 2. The number of halogens is 1. The van der Waals surface area contributed by atoms with Crippen molar-refractivity contribution in [2.75, 3.05) is 5.32 Å². The molecule has 19 heavy (non-hydrogen) atoms. The highest BCUT2D eigenvalue weighted by Gasteiger charge is 2.12. The van der Waals surface area contributed by atoms with Gasteiger partial charge in [0.15, 0.2) is 0 Å². The van der Waals surface area contributed by atoms with Gasteiger partial charge in [-0.25, -0.2) is 0 Å². The minimum Gasteiger partial charge on any atom is -0.353 e. The van der Waals surface area contributed by atoms with E-state index in [1.165, 1.54) is 0 Å². The van der Waals surface area contributed by atoms with Crippen molar-refractivity contribution in [3.05, 3.63) is 28.2 Å². The molecule has 1 aromatic rings. The summed E-state index contributed by atoms with van der Waals surface area (Å²) in [5.41, 5.74) is 1.77. The van der Waals surface area contributed by atoms with Gasteiger partial charge in [0.1, 0.15) is 6.42 Å². The van der Waals surface area contributed by atoms with E-state index >= 15 is 0 Å². The van der Waals surface area contributed by atoms with Crippen molar-refractivity contribution < 1.29 is 9.59 Å². The van der Waals surface area contributed by atoms with Crippen LogP contribution in [0.1, 0.15) is 32.3 Å². The monoisotopic (exact) mass is 326 g/mol. The van der Waals surface area contributed by atoms with Crippen LogP contribution in [0.4, 0.5) is 5.69 Å². The zero-order chi connectivity index (χ0) is 14.4. The van der Waals surface area contributed by atoms with E-state index in [2.05, 4.69) is 26.6 Å². The van der Waals surface area contributed by atoms with Gasteiger partial charge in [0.05, 0.1) is 5.69 Å². The van der Waals surface area contributed by atoms with Gasteiger partial charge in [-0.3, -0.25) is 9.59 Å². The first kappa shape index (κ1) is 15.7. The minimum absolute atomic E-state index is 0.0893. The third kappa shape index (κ3) is 5.42. The van der Waals surface area contributed by atoms with E-state index in [4.69, 9.17) is 0 Å². The SMILES string of the molecule is CCC(C)NC(=O)CC(=O)Nc1ccc(C)cc1Br. The Bertz CT molecular complexity index is 475. The highest BCUT2D eigenvalue weighted by atomic mass is 79.9. The first-order valence-electron chi connectivity index (χ1n) is 6.27. The first-order chi connectivity index (χ1) is 8.92. The quantitative estimate of drug-likeness (QED) is 0.817. The van der Waals surface area contributed by atoms with Gasteiger partial charge in [0, 0.05) is 10.5 Å².